The van der Waals surface area contributed by atoms with E-state index in [0.29, 0.717) is 45.2 Å². The standard InChI is InChI=1S/C33H46N6O5/c1-32(2,3)44-31(41)39-24-11-12-25(39)18-38(17-24)28-26-13-16-37(30(40)42-20-23-9-7-6-8-10-23)19-27(26)34-29(35-28)43-22-33(14-15-33)21-36(4)5/h6-10,24-25H,11-22H2,1-5H3. The lowest BCUT2D eigenvalue weighted by atomic mass is 10.0. The van der Waals surface area contributed by atoms with Gasteiger partial charge < -0.3 is 28.9 Å². The van der Waals surface area contributed by atoms with Gasteiger partial charge in [-0.2, -0.15) is 9.97 Å². The first kappa shape index (κ1) is 30.4. The molecule has 1 saturated carbocycles. The Morgan fingerprint density at radius 1 is 1.02 bits per heavy atom. The molecule has 1 aromatic heterocycles. The Morgan fingerprint density at radius 3 is 2.36 bits per heavy atom. The van der Waals surface area contributed by atoms with E-state index < -0.39 is 5.60 Å². The first-order valence-corrected chi connectivity index (χ1v) is 15.9. The molecule has 1 aromatic carbocycles. The zero-order valence-corrected chi connectivity index (χ0v) is 26.8. The summed E-state index contributed by atoms with van der Waals surface area (Å²) in [6.07, 6.45) is 4.15. The Bertz CT molecular complexity index is 1340. The van der Waals surface area contributed by atoms with Crippen LogP contribution in [0, 0.1) is 5.41 Å². The third-order valence-corrected chi connectivity index (χ3v) is 8.99. The van der Waals surface area contributed by atoms with Crippen molar-refractivity contribution in [3.8, 4) is 6.01 Å². The molecule has 6 rings (SSSR count). The van der Waals surface area contributed by atoms with Crippen molar-refractivity contribution in [2.45, 2.75) is 83.7 Å². The van der Waals surface area contributed by atoms with Crippen molar-refractivity contribution >= 4 is 18.0 Å². The van der Waals surface area contributed by atoms with E-state index in [-0.39, 0.29) is 36.3 Å². The monoisotopic (exact) mass is 606 g/mol. The largest absolute Gasteiger partial charge is 0.463 e. The van der Waals surface area contributed by atoms with Crippen molar-refractivity contribution in [2.24, 2.45) is 5.41 Å². The SMILES string of the molecule is CN(C)CC1(COc2nc3c(c(N4CC5CCC(C4)N5C(=O)OC(C)(C)C)n2)CCN(C(=O)OCc2ccccc2)C3)CC1. The van der Waals surface area contributed by atoms with Crippen LogP contribution in [0.15, 0.2) is 30.3 Å². The zero-order chi connectivity index (χ0) is 31.1. The number of benzene rings is 1. The first-order valence-electron chi connectivity index (χ1n) is 15.9. The fourth-order valence-corrected chi connectivity index (χ4v) is 6.78. The molecule has 0 radical (unpaired) electrons. The van der Waals surface area contributed by atoms with Gasteiger partial charge in [-0.05, 0) is 72.5 Å². The molecule has 3 fully saturated rings. The number of hydrogen-bond donors (Lipinski definition) is 0. The highest BCUT2D eigenvalue weighted by atomic mass is 16.6. The highest BCUT2D eigenvalue weighted by Gasteiger charge is 2.46. The van der Waals surface area contributed by atoms with Crippen LogP contribution in [0.1, 0.15) is 63.3 Å². The molecular formula is C33H46N6O5. The van der Waals surface area contributed by atoms with Crippen molar-refractivity contribution in [1.82, 2.24) is 24.7 Å². The lowest BCUT2D eigenvalue weighted by Crippen LogP contribution is -2.57. The van der Waals surface area contributed by atoms with E-state index in [1.165, 1.54) is 0 Å². The molecule has 44 heavy (non-hydrogen) atoms. The van der Waals surface area contributed by atoms with Gasteiger partial charge in [-0.3, -0.25) is 4.90 Å². The molecule has 238 valence electrons. The second-order valence-corrected chi connectivity index (χ2v) is 14.2. The van der Waals surface area contributed by atoms with Crippen molar-refractivity contribution in [1.29, 1.82) is 0 Å². The minimum Gasteiger partial charge on any atom is -0.463 e. The molecule has 2 bridgehead atoms. The summed E-state index contributed by atoms with van der Waals surface area (Å²) in [6.45, 7) is 9.67. The van der Waals surface area contributed by atoms with E-state index in [1.807, 2.05) is 56.0 Å². The maximum atomic E-state index is 13.1. The number of rotatable bonds is 8. The van der Waals surface area contributed by atoms with Crippen LogP contribution in [-0.4, -0.2) is 101 Å². The summed E-state index contributed by atoms with van der Waals surface area (Å²) in [7, 11) is 4.18. The van der Waals surface area contributed by atoms with Crippen molar-refractivity contribution in [3.05, 3.63) is 47.2 Å². The first-order chi connectivity index (χ1) is 21.0. The third-order valence-electron chi connectivity index (χ3n) is 8.99. The predicted molar refractivity (Wildman–Crippen MR) is 166 cm³/mol. The van der Waals surface area contributed by atoms with E-state index in [1.54, 1.807) is 4.90 Å². The van der Waals surface area contributed by atoms with Crippen LogP contribution in [0.25, 0.3) is 0 Å². The number of carbonyl (C=O) groups excluding carboxylic acids is 2. The molecule has 3 aliphatic heterocycles. The number of anilines is 1. The van der Waals surface area contributed by atoms with E-state index in [2.05, 4.69) is 23.9 Å². The van der Waals surface area contributed by atoms with Crippen LogP contribution >= 0.6 is 0 Å². The maximum absolute atomic E-state index is 13.1. The van der Waals surface area contributed by atoms with Gasteiger partial charge in [-0.15, -0.1) is 0 Å². The van der Waals surface area contributed by atoms with Gasteiger partial charge in [0.05, 0.1) is 30.9 Å². The quantitative estimate of drug-likeness (QED) is 0.431. The minimum atomic E-state index is -0.536. The molecule has 0 N–H and O–H groups in total. The summed E-state index contributed by atoms with van der Waals surface area (Å²) < 4.78 is 17.7. The normalized spacial score (nSPS) is 22.1. The number of aromatic nitrogens is 2. The summed E-state index contributed by atoms with van der Waals surface area (Å²) in [5.74, 6) is 0.862. The second-order valence-electron chi connectivity index (χ2n) is 14.2. The molecule has 1 aliphatic carbocycles. The van der Waals surface area contributed by atoms with Crippen molar-refractivity contribution in [3.63, 3.8) is 0 Å². The number of amides is 2. The Hall–Kier alpha value is -3.60. The number of hydrogen-bond acceptors (Lipinski definition) is 9. The fraction of sp³-hybridized carbons (Fsp3) is 0.636. The van der Waals surface area contributed by atoms with Gasteiger partial charge in [-0.25, -0.2) is 9.59 Å². The summed E-state index contributed by atoms with van der Waals surface area (Å²) >= 11 is 0. The number of fused-ring (bicyclic) bond motifs is 3. The highest BCUT2D eigenvalue weighted by molar-refractivity contribution is 5.71. The summed E-state index contributed by atoms with van der Waals surface area (Å²) in [5, 5.41) is 0. The van der Waals surface area contributed by atoms with E-state index in [9.17, 15) is 9.59 Å². The smallest absolute Gasteiger partial charge is 0.410 e. The van der Waals surface area contributed by atoms with Crippen LogP contribution in [0.2, 0.25) is 0 Å². The van der Waals surface area contributed by atoms with Gasteiger partial charge in [-0.1, -0.05) is 30.3 Å². The van der Waals surface area contributed by atoms with E-state index >= 15 is 0 Å². The molecule has 4 aliphatic rings. The molecule has 2 saturated heterocycles. The molecule has 0 spiro atoms. The van der Waals surface area contributed by atoms with Crippen LogP contribution in [0.4, 0.5) is 15.4 Å². The van der Waals surface area contributed by atoms with Crippen molar-refractivity contribution in [2.75, 3.05) is 51.8 Å². The van der Waals surface area contributed by atoms with Crippen LogP contribution < -0.4 is 9.64 Å². The molecule has 11 nitrogen and oxygen atoms in total. The fourth-order valence-electron chi connectivity index (χ4n) is 6.78. The summed E-state index contributed by atoms with van der Waals surface area (Å²) in [6, 6.07) is 10.2. The van der Waals surface area contributed by atoms with Gasteiger partial charge in [0.25, 0.3) is 0 Å². The second kappa shape index (κ2) is 12.1. The van der Waals surface area contributed by atoms with Crippen LogP contribution in [-0.2, 0) is 29.0 Å². The highest BCUT2D eigenvalue weighted by Crippen LogP contribution is 2.46. The van der Waals surface area contributed by atoms with E-state index in [4.69, 9.17) is 24.2 Å². The van der Waals surface area contributed by atoms with Gasteiger partial charge >= 0.3 is 18.2 Å². The lowest BCUT2D eigenvalue weighted by molar-refractivity contribution is 0.0122. The maximum Gasteiger partial charge on any atom is 0.410 e. The number of nitrogens with zero attached hydrogens (tertiary/aromatic N) is 6. The average Bonchev–Trinajstić information content (AvgIpc) is 3.68. The predicted octanol–water partition coefficient (Wildman–Crippen LogP) is 4.48. The Labute approximate surface area is 260 Å². The molecular weight excluding hydrogens is 560 g/mol. The number of ether oxygens (including phenoxy) is 3. The Balaban J connectivity index is 1.21. The lowest BCUT2D eigenvalue weighted by Gasteiger charge is -2.42. The number of piperazine rings is 1. The summed E-state index contributed by atoms with van der Waals surface area (Å²) in [4.78, 5) is 44.2. The molecule has 2 aromatic rings. The molecule has 2 atom stereocenters. The average molecular weight is 607 g/mol. The Morgan fingerprint density at radius 2 is 1.73 bits per heavy atom. The van der Waals surface area contributed by atoms with Crippen LogP contribution in [0.5, 0.6) is 6.01 Å². The van der Waals surface area contributed by atoms with Gasteiger partial charge in [0.2, 0.25) is 0 Å². The van der Waals surface area contributed by atoms with E-state index in [0.717, 1.165) is 54.9 Å². The number of carbonyl (C=O) groups is 2. The zero-order valence-electron chi connectivity index (χ0n) is 26.8. The van der Waals surface area contributed by atoms with Gasteiger partial charge in [0.15, 0.2) is 0 Å². The van der Waals surface area contributed by atoms with Gasteiger partial charge in [0.1, 0.15) is 18.0 Å². The summed E-state index contributed by atoms with van der Waals surface area (Å²) in [5.41, 5.74) is 2.39. The molecule has 11 heteroatoms. The molecule has 2 amide bonds. The topological polar surface area (TPSA) is 101 Å². The van der Waals surface area contributed by atoms with Gasteiger partial charge in [0, 0.05) is 37.2 Å². The molecule has 4 heterocycles. The Kier molecular flexibility index (Phi) is 8.34. The van der Waals surface area contributed by atoms with Crippen LogP contribution in [0.3, 0.4) is 0 Å². The third kappa shape index (κ3) is 6.87. The minimum absolute atomic E-state index is 0.0569. The van der Waals surface area contributed by atoms with Crippen molar-refractivity contribution < 1.29 is 23.8 Å². The molecule has 2 unspecified atom stereocenters.